The number of amides is 2. The fraction of sp³-hybridized carbons (Fsp3) is 0.595. The average Bonchev–Trinajstić information content (AvgIpc) is 3.69. The highest BCUT2D eigenvalue weighted by Crippen LogP contribution is 2.42. The maximum absolute atomic E-state index is 14.5. The van der Waals surface area contributed by atoms with Gasteiger partial charge in [0.15, 0.2) is 0 Å². The summed E-state index contributed by atoms with van der Waals surface area (Å²) in [5.41, 5.74) is 2.74. The number of carbonyl (C=O) groups is 3. The lowest BCUT2D eigenvalue weighted by Crippen LogP contribution is -2.48. The molecule has 3 atom stereocenters. The van der Waals surface area contributed by atoms with Crippen molar-refractivity contribution in [3.05, 3.63) is 58.9 Å². The molecule has 3 heterocycles. The number of fused-ring (bicyclic) bond motifs is 1. The topological polar surface area (TPSA) is 90.4 Å². The standard InChI is InChI=1S/C37H50FN3O5/c1-6-8-27(9-7-2)41(28-11-12-30(38)24(3)20-28)33(42)23-40-22-29(25-10-13-32-26(21-25)15-19-46-32)34(35(43)44)31(40)14-17-39-18-16-37(4,5)36(39)45/h10-13,20-21,27,29,31,34H,6-9,14-19,22-23H2,1-5H3,(H,43,44). The molecular formula is C37H50FN3O5. The number of aliphatic carboxylic acids is 1. The van der Waals surface area contributed by atoms with E-state index >= 15 is 0 Å². The van der Waals surface area contributed by atoms with Gasteiger partial charge in [-0.1, -0.05) is 52.7 Å². The third-order valence-corrected chi connectivity index (χ3v) is 10.4. The molecule has 3 aliphatic rings. The van der Waals surface area contributed by atoms with Crippen LogP contribution in [0.1, 0.15) is 88.8 Å². The zero-order chi connectivity index (χ0) is 33.2. The second-order valence-electron chi connectivity index (χ2n) is 14.1. The Morgan fingerprint density at radius 2 is 1.87 bits per heavy atom. The molecule has 3 aliphatic heterocycles. The van der Waals surface area contributed by atoms with E-state index in [2.05, 4.69) is 19.9 Å². The summed E-state index contributed by atoms with van der Waals surface area (Å²) in [5.74, 6) is -1.46. The molecule has 0 spiro atoms. The van der Waals surface area contributed by atoms with Crippen LogP contribution in [0.2, 0.25) is 0 Å². The molecule has 1 N–H and O–H groups in total. The number of anilines is 1. The van der Waals surface area contributed by atoms with Crippen molar-refractivity contribution in [1.82, 2.24) is 9.80 Å². The van der Waals surface area contributed by atoms with Crippen molar-refractivity contribution >= 4 is 23.5 Å². The Labute approximate surface area is 272 Å². The van der Waals surface area contributed by atoms with Crippen molar-refractivity contribution in [2.24, 2.45) is 11.3 Å². The highest BCUT2D eigenvalue weighted by Gasteiger charge is 2.48. The number of carbonyl (C=O) groups excluding carboxylic acids is 2. The van der Waals surface area contributed by atoms with Crippen LogP contribution in [-0.2, 0) is 20.8 Å². The molecule has 46 heavy (non-hydrogen) atoms. The van der Waals surface area contributed by atoms with Crippen LogP contribution in [0.4, 0.5) is 10.1 Å². The van der Waals surface area contributed by atoms with Gasteiger partial charge in [-0.15, -0.1) is 0 Å². The molecule has 250 valence electrons. The lowest BCUT2D eigenvalue weighted by molar-refractivity contribution is -0.143. The minimum absolute atomic E-state index is 0.0405. The Morgan fingerprint density at radius 1 is 1.13 bits per heavy atom. The fourth-order valence-electron chi connectivity index (χ4n) is 7.84. The molecule has 0 bridgehead atoms. The predicted octanol–water partition coefficient (Wildman–Crippen LogP) is 6.19. The zero-order valence-corrected chi connectivity index (χ0v) is 28.1. The molecule has 2 saturated heterocycles. The minimum Gasteiger partial charge on any atom is -0.493 e. The highest BCUT2D eigenvalue weighted by atomic mass is 19.1. The van der Waals surface area contributed by atoms with Crippen LogP contribution in [0.25, 0.3) is 0 Å². The van der Waals surface area contributed by atoms with E-state index < -0.39 is 23.3 Å². The third kappa shape index (κ3) is 6.94. The van der Waals surface area contributed by atoms with E-state index in [9.17, 15) is 23.9 Å². The summed E-state index contributed by atoms with van der Waals surface area (Å²) >= 11 is 0. The first-order chi connectivity index (χ1) is 21.9. The highest BCUT2D eigenvalue weighted by molar-refractivity contribution is 5.95. The van der Waals surface area contributed by atoms with E-state index in [1.165, 1.54) is 6.07 Å². The van der Waals surface area contributed by atoms with Crippen LogP contribution >= 0.6 is 0 Å². The summed E-state index contributed by atoms with van der Waals surface area (Å²) in [5, 5.41) is 10.7. The molecule has 9 heteroatoms. The van der Waals surface area contributed by atoms with E-state index in [0.29, 0.717) is 43.9 Å². The summed E-state index contributed by atoms with van der Waals surface area (Å²) in [6, 6.07) is 10.3. The second kappa shape index (κ2) is 14.1. The number of aryl methyl sites for hydroxylation is 1. The van der Waals surface area contributed by atoms with Crippen LogP contribution in [0.15, 0.2) is 36.4 Å². The van der Waals surface area contributed by atoms with Crippen LogP contribution < -0.4 is 9.64 Å². The predicted molar refractivity (Wildman–Crippen MR) is 177 cm³/mol. The van der Waals surface area contributed by atoms with Crippen molar-refractivity contribution < 1.29 is 28.6 Å². The van der Waals surface area contributed by atoms with E-state index in [1.54, 1.807) is 19.1 Å². The molecule has 8 nitrogen and oxygen atoms in total. The number of likely N-dealkylation sites (tertiary alicyclic amines) is 2. The summed E-state index contributed by atoms with van der Waals surface area (Å²) in [6.45, 7) is 12.0. The van der Waals surface area contributed by atoms with Crippen molar-refractivity contribution in [3.63, 3.8) is 0 Å². The maximum Gasteiger partial charge on any atom is 0.308 e. The van der Waals surface area contributed by atoms with Gasteiger partial charge in [-0.25, -0.2) is 4.39 Å². The normalized spacial score (nSPS) is 22.4. The van der Waals surface area contributed by atoms with Crippen molar-refractivity contribution in [2.45, 2.75) is 97.6 Å². The zero-order valence-electron chi connectivity index (χ0n) is 28.1. The molecule has 0 saturated carbocycles. The number of ether oxygens (including phenoxy) is 1. The van der Waals surface area contributed by atoms with Gasteiger partial charge in [0.05, 0.1) is 19.1 Å². The van der Waals surface area contributed by atoms with E-state index in [0.717, 1.165) is 55.4 Å². The first-order valence-corrected chi connectivity index (χ1v) is 17.0. The molecule has 3 unspecified atom stereocenters. The Hall–Kier alpha value is -3.46. The third-order valence-electron chi connectivity index (χ3n) is 10.4. The number of hydrogen-bond acceptors (Lipinski definition) is 5. The summed E-state index contributed by atoms with van der Waals surface area (Å²) in [7, 11) is 0. The lowest BCUT2D eigenvalue weighted by atomic mass is 9.83. The van der Waals surface area contributed by atoms with E-state index in [4.69, 9.17) is 4.74 Å². The minimum atomic E-state index is -0.893. The van der Waals surface area contributed by atoms with Crippen LogP contribution in [-0.4, -0.2) is 77.6 Å². The molecule has 2 amide bonds. The van der Waals surface area contributed by atoms with Gasteiger partial charge in [-0.05, 0) is 73.6 Å². The van der Waals surface area contributed by atoms with Crippen LogP contribution in [0.3, 0.4) is 0 Å². The maximum atomic E-state index is 14.5. The van der Waals surface area contributed by atoms with Gasteiger partial charge < -0.3 is 19.6 Å². The van der Waals surface area contributed by atoms with E-state index in [1.807, 2.05) is 40.7 Å². The van der Waals surface area contributed by atoms with Gasteiger partial charge in [0, 0.05) is 55.2 Å². The molecule has 2 aromatic carbocycles. The lowest BCUT2D eigenvalue weighted by Gasteiger charge is -2.35. The van der Waals surface area contributed by atoms with E-state index in [-0.39, 0.29) is 36.1 Å². The quantitative estimate of drug-likeness (QED) is 0.283. The number of carboxylic acids is 1. The van der Waals surface area contributed by atoms with Gasteiger partial charge in [-0.2, -0.15) is 0 Å². The number of benzene rings is 2. The van der Waals surface area contributed by atoms with Crippen LogP contribution in [0, 0.1) is 24.1 Å². The molecule has 2 fully saturated rings. The Morgan fingerprint density at radius 3 is 2.50 bits per heavy atom. The van der Waals surface area contributed by atoms with Crippen molar-refractivity contribution in [1.29, 1.82) is 0 Å². The Kier molecular flexibility index (Phi) is 10.4. The van der Waals surface area contributed by atoms with Crippen LogP contribution in [0.5, 0.6) is 5.75 Å². The molecule has 2 aromatic rings. The molecular weight excluding hydrogens is 585 g/mol. The summed E-state index contributed by atoms with van der Waals surface area (Å²) in [6.07, 6.45) is 5.42. The monoisotopic (exact) mass is 635 g/mol. The Balaban J connectivity index is 1.48. The second-order valence-corrected chi connectivity index (χ2v) is 14.1. The Bertz CT molecular complexity index is 1440. The first-order valence-electron chi connectivity index (χ1n) is 17.0. The van der Waals surface area contributed by atoms with Crippen molar-refractivity contribution in [3.8, 4) is 5.75 Å². The summed E-state index contributed by atoms with van der Waals surface area (Å²) in [4.78, 5) is 46.3. The largest absolute Gasteiger partial charge is 0.493 e. The molecule has 0 aliphatic carbocycles. The van der Waals surface area contributed by atoms with Crippen molar-refractivity contribution in [2.75, 3.05) is 37.7 Å². The smallest absolute Gasteiger partial charge is 0.308 e. The number of hydrogen-bond donors (Lipinski definition) is 1. The SMILES string of the molecule is CCCC(CCC)N(C(=O)CN1CC(c2ccc3c(c2)CCO3)C(C(=O)O)C1CCN1CCC(C)(C)C1=O)c1ccc(F)c(C)c1. The number of halogens is 1. The first kappa shape index (κ1) is 33.9. The molecule has 0 aromatic heterocycles. The van der Waals surface area contributed by atoms with Gasteiger partial charge in [0.2, 0.25) is 11.8 Å². The molecule has 5 rings (SSSR count). The molecule has 0 radical (unpaired) electrons. The van der Waals surface area contributed by atoms with Gasteiger partial charge in [0.1, 0.15) is 11.6 Å². The average molecular weight is 636 g/mol. The number of carboxylic acid groups (broad SMARTS) is 1. The number of rotatable bonds is 13. The van der Waals surface area contributed by atoms with Gasteiger partial charge in [0.25, 0.3) is 0 Å². The van der Waals surface area contributed by atoms with Gasteiger partial charge in [-0.3, -0.25) is 19.3 Å². The fourth-order valence-corrected chi connectivity index (χ4v) is 7.84. The summed E-state index contributed by atoms with van der Waals surface area (Å²) < 4.78 is 20.0. The number of nitrogens with zero attached hydrogens (tertiary/aromatic N) is 3. The van der Waals surface area contributed by atoms with Gasteiger partial charge >= 0.3 is 5.97 Å².